The molecule has 0 bridgehead atoms. The molecule has 0 aliphatic carbocycles. The number of halogens is 2. The number of hydrogen-bond donors (Lipinski definition) is 1. The number of ether oxygens (including phenoxy) is 2. The highest BCUT2D eigenvalue weighted by Gasteiger charge is 2.10. The van der Waals surface area contributed by atoms with Gasteiger partial charge in [0, 0.05) is 0 Å². The van der Waals surface area contributed by atoms with E-state index in [1.54, 1.807) is 13.0 Å². The topological polar surface area (TPSA) is 64.4 Å². The van der Waals surface area contributed by atoms with Gasteiger partial charge in [0.1, 0.15) is 5.82 Å². The van der Waals surface area contributed by atoms with Crippen LogP contribution < -0.4 is 9.47 Å². The minimum atomic E-state index is -2.93. The summed E-state index contributed by atoms with van der Waals surface area (Å²) in [6, 6.07) is 4.56. The van der Waals surface area contributed by atoms with Crippen molar-refractivity contribution < 1.29 is 18.3 Å². The Morgan fingerprint density at radius 3 is 2.76 bits per heavy atom. The number of nitrogens with zero attached hydrogens (tertiary/aromatic N) is 3. The second kappa shape index (κ2) is 6.44. The molecule has 1 aromatic heterocycles. The first-order valence-electron chi connectivity index (χ1n) is 5.82. The summed E-state index contributed by atoms with van der Waals surface area (Å²) >= 11 is 5.00. The van der Waals surface area contributed by atoms with Crippen LogP contribution >= 0.6 is 12.2 Å². The minimum Gasteiger partial charge on any atom is -0.493 e. The molecule has 0 fully saturated rings. The van der Waals surface area contributed by atoms with Crippen LogP contribution in [0.5, 0.6) is 11.5 Å². The number of aromatic nitrogens is 3. The lowest BCUT2D eigenvalue weighted by molar-refractivity contribution is -0.0512. The monoisotopic (exact) mass is 314 g/mol. The van der Waals surface area contributed by atoms with E-state index in [1.165, 1.54) is 30.1 Å². The maximum absolute atomic E-state index is 12.3. The van der Waals surface area contributed by atoms with Crippen molar-refractivity contribution in [2.45, 2.75) is 13.5 Å². The van der Waals surface area contributed by atoms with Gasteiger partial charge < -0.3 is 9.47 Å². The summed E-state index contributed by atoms with van der Waals surface area (Å²) in [5, 5.41) is 10.6. The molecule has 0 saturated carbocycles. The third kappa shape index (κ3) is 3.63. The zero-order valence-corrected chi connectivity index (χ0v) is 12.0. The Labute approximate surface area is 124 Å². The zero-order chi connectivity index (χ0) is 15.4. The van der Waals surface area contributed by atoms with E-state index in [0.29, 0.717) is 16.2 Å². The molecule has 0 spiro atoms. The Morgan fingerprint density at radius 2 is 2.19 bits per heavy atom. The Hall–Kier alpha value is -2.29. The van der Waals surface area contributed by atoms with Gasteiger partial charge >= 0.3 is 6.61 Å². The van der Waals surface area contributed by atoms with Crippen molar-refractivity contribution in [1.29, 1.82) is 0 Å². The van der Waals surface area contributed by atoms with Crippen molar-refractivity contribution in [2.75, 3.05) is 7.11 Å². The second-order valence-electron chi connectivity index (χ2n) is 3.92. The number of nitrogens with one attached hydrogen (secondary N) is 1. The van der Waals surface area contributed by atoms with E-state index in [9.17, 15) is 8.78 Å². The Kier molecular flexibility index (Phi) is 4.63. The lowest BCUT2D eigenvalue weighted by Gasteiger charge is -2.10. The van der Waals surface area contributed by atoms with Gasteiger partial charge in [-0.15, -0.1) is 0 Å². The summed E-state index contributed by atoms with van der Waals surface area (Å²) < 4.78 is 35.8. The molecule has 2 rings (SSSR count). The largest absolute Gasteiger partial charge is 0.493 e. The zero-order valence-electron chi connectivity index (χ0n) is 11.2. The average molecular weight is 314 g/mol. The van der Waals surface area contributed by atoms with Crippen LogP contribution in [0.25, 0.3) is 0 Å². The van der Waals surface area contributed by atoms with E-state index in [2.05, 4.69) is 20.0 Å². The molecule has 0 aliphatic rings. The van der Waals surface area contributed by atoms with Gasteiger partial charge in [-0.1, -0.05) is 0 Å². The molecule has 1 N–H and O–H groups in total. The number of H-pyrrole nitrogens is 1. The Morgan fingerprint density at radius 1 is 1.43 bits per heavy atom. The highest BCUT2D eigenvalue weighted by Crippen LogP contribution is 2.28. The maximum atomic E-state index is 12.3. The molecule has 6 nitrogen and oxygen atoms in total. The summed E-state index contributed by atoms with van der Waals surface area (Å²) in [6.07, 6.45) is 1.45. The predicted octanol–water partition coefficient (Wildman–Crippen LogP) is 2.74. The van der Waals surface area contributed by atoms with Gasteiger partial charge in [-0.25, -0.2) is 0 Å². The standard InChI is InChI=1S/C12H12F2N4O2S/c1-7-16-17-12(21)18(7)15-6-8-3-4-9(19-2)10(5-8)20-11(13)14/h3-6,11H,1-2H3,(H,17,21)/b15-6-. The average Bonchev–Trinajstić information content (AvgIpc) is 2.75. The number of methoxy groups -OCH3 is 1. The van der Waals surface area contributed by atoms with Crippen LogP contribution in [0.1, 0.15) is 11.4 Å². The summed E-state index contributed by atoms with van der Waals surface area (Å²) in [5.74, 6) is 0.723. The minimum absolute atomic E-state index is 0.0658. The predicted molar refractivity (Wildman–Crippen MR) is 74.8 cm³/mol. The molecule has 112 valence electrons. The lowest BCUT2D eigenvalue weighted by Crippen LogP contribution is -2.04. The van der Waals surface area contributed by atoms with Crippen molar-refractivity contribution in [1.82, 2.24) is 14.9 Å². The van der Waals surface area contributed by atoms with Crippen molar-refractivity contribution in [3.8, 4) is 11.5 Å². The van der Waals surface area contributed by atoms with Gasteiger partial charge in [0.05, 0.1) is 13.3 Å². The van der Waals surface area contributed by atoms with Crippen LogP contribution in [0, 0.1) is 11.7 Å². The number of aryl methyl sites for hydroxylation is 1. The van der Waals surface area contributed by atoms with Gasteiger partial charge in [-0.05, 0) is 42.9 Å². The fraction of sp³-hybridized carbons (Fsp3) is 0.250. The molecule has 0 aliphatic heterocycles. The van der Waals surface area contributed by atoms with Gasteiger partial charge in [0.25, 0.3) is 0 Å². The van der Waals surface area contributed by atoms with E-state index in [4.69, 9.17) is 17.0 Å². The van der Waals surface area contributed by atoms with Crippen molar-refractivity contribution in [3.63, 3.8) is 0 Å². The van der Waals surface area contributed by atoms with Crippen molar-refractivity contribution >= 4 is 18.4 Å². The van der Waals surface area contributed by atoms with Crippen LogP contribution in [0.15, 0.2) is 23.3 Å². The number of alkyl halides is 2. The SMILES string of the molecule is COc1ccc(/C=N\n2c(C)n[nH]c2=S)cc1OC(F)F. The molecular formula is C12H12F2N4O2S. The molecule has 9 heteroatoms. The molecule has 2 aromatic rings. The first-order chi connectivity index (χ1) is 10.0. The molecule has 0 amide bonds. The fourth-order valence-electron chi connectivity index (χ4n) is 1.59. The summed E-state index contributed by atoms with van der Waals surface area (Å²) in [7, 11) is 1.37. The van der Waals surface area contributed by atoms with E-state index in [1.807, 2.05) is 0 Å². The number of aromatic amines is 1. The third-order valence-electron chi connectivity index (χ3n) is 2.54. The van der Waals surface area contributed by atoms with E-state index < -0.39 is 6.61 Å². The van der Waals surface area contributed by atoms with E-state index in [0.717, 1.165) is 0 Å². The third-order valence-corrected chi connectivity index (χ3v) is 2.80. The summed E-state index contributed by atoms with van der Waals surface area (Å²) in [5.41, 5.74) is 0.550. The van der Waals surface area contributed by atoms with Crippen LogP contribution in [-0.4, -0.2) is 34.8 Å². The quantitative estimate of drug-likeness (QED) is 0.681. The lowest BCUT2D eigenvalue weighted by atomic mass is 10.2. The molecule has 1 heterocycles. The smallest absolute Gasteiger partial charge is 0.387 e. The Bertz CT molecular complexity index is 712. The van der Waals surface area contributed by atoms with Gasteiger partial charge in [0.2, 0.25) is 4.77 Å². The Balaban J connectivity index is 2.30. The van der Waals surface area contributed by atoms with Gasteiger partial charge in [-0.2, -0.15) is 23.7 Å². The van der Waals surface area contributed by atoms with Crippen LogP contribution in [-0.2, 0) is 0 Å². The van der Waals surface area contributed by atoms with E-state index in [-0.39, 0.29) is 11.5 Å². The summed E-state index contributed by atoms with van der Waals surface area (Å²) in [4.78, 5) is 0. The highest BCUT2D eigenvalue weighted by atomic mass is 32.1. The normalized spacial score (nSPS) is 11.3. The molecular weight excluding hydrogens is 302 g/mol. The molecule has 0 saturated heterocycles. The molecule has 0 radical (unpaired) electrons. The molecule has 0 atom stereocenters. The van der Waals surface area contributed by atoms with Crippen LogP contribution in [0.4, 0.5) is 8.78 Å². The maximum Gasteiger partial charge on any atom is 0.387 e. The van der Waals surface area contributed by atoms with Crippen molar-refractivity contribution in [2.24, 2.45) is 5.10 Å². The fourth-order valence-corrected chi connectivity index (χ4v) is 1.82. The number of rotatable bonds is 5. The molecule has 0 unspecified atom stereocenters. The first-order valence-corrected chi connectivity index (χ1v) is 6.23. The first kappa shape index (κ1) is 15.1. The molecule has 1 aromatic carbocycles. The van der Waals surface area contributed by atoms with Crippen LogP contribution in [0.3, 0.4) is 0 Å². The van der Waals surface area contributed by atoms with E-state index >= 15 is 0 Å². The highest BCUT2D eigenvalue weighted by molar-refractivity contribution is 7.71. The van der Waals surface area contributed by atoms with Crippen molar-refractivity contribution in [3.05, 3.63) is 34.4 Å². The second-order valence-corrected chi connectivity index (χ2v) is 4.31. The van der Waals surface area contributed by atoms with Gasteiger partial charge in [-0.3, -0.25) is 5.10 Å². The number of hydrogen-bond acceptors (Lipinski definition) is 5. The molecule has 21 heavy (non-hydrogen) atoms. The van der Waals surface area contributed by atoms with Crippen LogP contribution in [0.2, 0.25) is 0 Å². The summed E-state index contributed by atoms with van der Waals surface area (Å²) in [6.45, 7) is -1.21. The number of benzene rings is 1. The van der Waals surface area contributed by atoms with Gasteiger partial charge in [0.15, 0.2) is 11.5 Å².